The molecule has 2 atom stereocenters. The number of hydrogen-bond acceptors (Lipinski definition) is 5. The van der Waals surface area contributed by atoms with Crippen molar-refractivity contribution in [3.8, 4) is 0 Å². The van der Waals surface area contributed by atoms with Crippen LogP contribution >= 0.6 is 0 Å². The van der Waals surface area contributed by atoms with Crippen molar-refractivity contribution in [3.05, 3.63) is 83.2 Å². The third-order valence-corrected chi connectivity index (χ3v) is 5.96. The minimum absolute atomic E-state index is 0.00848. The Kier molecular flexibility index (Phi) is 7.38. The number of amides is 1. The van der Waals surface area contributed by atoms with Crippen LogP contribution in [0.1, 0.15) is 53.7 Å². The Morgan fingerprint density at radius 2 is 1.72 bits per heavy atom. The van der Waals surface area contributed by atoms with Gasteiger partial charge < -0.3 is 15.7 Å². The minimum Gasteiger partial charge on any atom is -0.481 e. The van der Waals surface area contributed by atoms with Crippen LogP contribution in [0.3, 0.4) is 0 Å². The molecule has 36 heavy (non-hydrogen) atoms. The highest BCUT2D eigenvalue weighted by atomic mass is 19.1. The summed E-state index contributed by atoms with van der Waals surface area (Å²) in [6.07, 6.45) is 3.07. The first-order valence-corrected chi connectivity index (χ1v) is 11.6. The molecule has 0 spiro atoms. The van der Waals surface area contributed by atoms with E-state index in [-0.39, 0.29) is 41.0 Å². The summed E-state index contributed by atoms with van der Waals surface area (Å²) in [6.45, 7) is 1.89. The molecule has 9 heteroatoms. The van der Waals surface area contributed by atoms with Crippen molar-refractivity contribution in [3.63, 3.8) is 0 Å². The fourth-order valence-corrected chi connectivity index (χ4v) is 4.08. The Balaban J connectivity index is 1.56. The van der Waals surface area contributed by atoms with E-state index >= 15 is 0 Å². The zero-order valence-corrected chi connectivity index (χ0v) is 19.6. The molecule has 3 N–H and O–H groups in total. The number of aliphatic carboxylic acids is 1. The molecule has 0 aliphatic heterocycles. The number of carbonyl (C=O) groups is 3. The molecular formula is C27H25F2N3O4. The number of hydrogen-bond donors (Lipinski definition) is 3. The number of anilines is 3. The van der Waals surface area contributed by atoms with E-state index in [4.69, 9.17) is 5.11 Å². The first-order chi connectivity index (χ1) is 17.2. The number of benzene rings is 2. The number of ketones is 1. The molecule has 3 aromatic rings. The van der Waals surface area contributed by atoms with E-state index in [0.717, 1.165) is 23.8 Å². The Morgan fingerprint density at radius 1 is 1.03 bits per heavy atom. The fraction of sp³-hybridized carbons (Fsp3) is 0.259. The Bertz CT molecular complexity index is 1290. The largest absolute Gasteiger partial charge is 0.481 e. The van der Waals surface area contributed by atoms with Crippen LogP contribution in [0.25, 0.3) is 0 Å². The first-order valence-electron chi connectivity index (χ1n) is 11.6. The van der Waals surface area contributed by atoms with Crippen molar-refractivity contribution in [2.24, 2.45) is 5.92 Å². The van der Waals surface area contributed by atoms with E-state index in [9.17, 15) is 23.2 Å². The summed E-state index contributed by atoms with van der Waals surface area (Å²) in [5, 5.41) is 14.7. The molecule has 2 unspecified atom stereocenters. The number of carboxylic acids is 1. The molecule has 0 radical (unpaired) electrons. The number of Topliss-reactive ketones (excluding diaryl/α,β-unsaturated/α-hetero) is 1. The lowest BCUT2D eigenvalue weighted by Gasteiger charge is -2.14. The average molecular weight is 494 g/mol. The number of rotatable bonds is 10. The molecule has 1 heterocycles. The summed E-state index contributed by atoms with van der Waals surface area (Å²) in [6, 6.07) is 11.4. The van der Waals surface area contributed by atoms with E-state index in [2.05, 4.69) is 15.6 Å². The van der Waals surface area contributed by atoms with Crippen LogP contribution < -0.4 is 10.6 Å². The SMILES string of the molecule is CCCC(=O)Cc1cc(Nc2cc(F)cc(F)c2)c(C(=O)Nc2ccc(C3CC3C(=O)O)cc2)cn1. The van der Waals surface area contributed by atoms with Gasteiger partial charge in [-0.3, -0.25) is 19.4 Å². The van der Waals surface area contributed by atoms with E-state index < -0.39 is 23.5 Å². The lowest BCUT2D eigenvalue weighted by molar-refractivity contribution is -0.138. The van der Waals surface area contributed by atoms with E-state index in [1.807, 2.05) is 6.92 Å². The van der Waals surface area contributed by atoms with Crippen LogP contribution in [0, 0.1) is 17.6 Å². The summed E-state index contributed by atoms with van der Waals surface area (Å²) in [5.74, 6) is -3.30. The van der Waals surface area contributed by atoms with Gasteiger partial charge in [0.15, 0.2) is 0 Å². The Labute approximate surface area is 206 Å². The van der Waals surface area contributed by atoms with Crippen LogP contribution in [-0.2, 0) is 16.0 Å². The van der Waals surface area contributed by atoms with Crippen molar-refractivity contribution in [1.82, 2.24) is 4.98 Å². The van der Waals surface area contributed by atoms with Crippen molar-refractivity contribution in [2.45, 2.75) is 38.5 Å². The number of halogens is 2. The number of aromatic nitrogens is 1. The molecule has 7 nitrogen and oxygen atoms in total. The third-order valence-electron chi connectivity index (χ3n) is 5.96. The Morgan fingerprint density at radius 3 is 2.33 bits per heavy atom. The number of nitrogens with one attached hydrogen (secondary N) is 2. The molecule has 1 saturated carbocycles. The minimum atomic E-state index is -0.817. The maximum Gasteiger partial charge on any atom is 0.307 e. The molecule has 186 valence electrons. The van der Waals surface area contributed by atoms with Gasteiger partial charge in [0.05, 0.1) is 17.2 Å². The van der Waals surface area contributed by atoms with Gasteiger partial charge in [0, 0.05) is 42.2 Å². The summed E-state index contributed by atoms with van der Waals surface area (Å²) in [4.78, 5) is 40.5. The molecular weight excluding hydrogens is 468 g/mol. The molecule has 1 aliphatic rings. The summed E-state index contributed by atoms with van der Waals surface area (Å²) in [5.41, 5.74) is 2.25. The zero-order valence-electron chi connectivity index (χ0n) is 19.6. The fourth-order valence-electron chi connectivity index (χ4n) is 4.08. The molecule has 0 saturated heterocycles. The van der Waals surface area contributed by atoms with Crippen LogP contribution in [0.2, 0.25) is 0 Å². The summed E-state index contributed by atoms with van der Waals surface area (Å²) >= 11 is 0. The smallest absolute Gasteiger partial charge is 0.307 e. The van der Waals surface area contributed by atoms with Crippen LogP contribution in [0.5, 0.6) is 0 Å². The van der Waals surface area contributed by atoms with Gasteiger partial charge in [0.25, 0.3) is 5.91 Å². The number of carbonyl (C=O) groups excluding carboxylic acids is 2. The highest BCUT2D eigenvalue weighted by molar-refractivity contribution is 6.08. The molecule has 1 aliphatic carbocycles. The normalized spacial score (nSPS) is 16.3. The molecule has 0 bridgehead atoms. The standard InChI is InChI=1S/C27H25F2N3O4/c1-2-3-21(33)11-19-12-25(31-20-9-16(28)8-17(29)10-20)24(14-30-19)26(34)32-18-6-4-15(5-7-18)22-13-23(22)27(35)36/h4-10,12,14,22-23H,2-3,11,13H2,1H3,(H,30,31)(H,32,34)(H,35,36). The molecule has 2 aromatic carbocycles. The van der Waals surface area contributed by atoms with Gasteiger partial charge in [-0.25, -0.2) is 8.78 Å². The van der Waals surface area contributed by atoms with Gasteiger partial charge in [-0.15, -0.1) is 0 Å². The number of carboxylic acid groups (broad SMARTS) is 1. The van der Waals surface area contributed by atoms with Crippen molar-refractivity contribution >= 4 is 34.7 Å². The predicted molar refractivity (Wildman–Crippen MR) is 130 cm³/mol. The van der Waals surface area contributed by atoms with Crippen molar-refractivity contribution in [1.29, 1.82) is 0 Å². The van der Waals surface area contributed by atoms with Gasteiger partial charge in [0.1, 0.15) is 17.4 Å². The van der Waals surface area contributed by atoms with Crippen LogP contribution in [0.15, 0.2) is 54.7 Å². The van der Waals surface area contributed by atoms with Gasteiger partial charge in [0.2, 0.25) is 0 Å². The quantitative estimate of drug-likeness (QED) is 0.346. The Hall–Kier alpha value is -4.14. The maximum absolute atomic E-state index is 13.7. The van der Waals surface area contributed by atoms with Crippen LogP contribution in [0.4, 0.5) is 25.8 Å². The topological polar surface area (TPSA) is 108 Å². The second-order valence-electron chi connectivity index (χ2n) is 8.83. The third kappa shape index (κ3) is 6.10. The summed E-state index contributed by atoms with van der Waals surface area (Å²) < 4.78 is 27.5. The predicted octanol–water partition coefficient (Wildman–Crippen LogP) is 5.46. The van der Waals surface area contributed by atoms with Crippen molar-refractivity contribution in [2.75, 3.05) is 10.6 Å². The maximum atomic E-state index is 13.7. The first kappa shape index (κ1) is 25.0. The monoisotopic (exact) mass is 493 g/mol. The van der Waals surface area contributed by atoms with Gasteiger partial charge >= 0.3 is 5.97 Å². The lowest BCUT2D eigenvalue weighted by atomic mass is 10.1. The highest BCUT2D eigenvalue weighted by Gasteiger charge is 2.44. The zero-order chi connectivity index (χ0) is 25.8. The van der Waals surface area contributed by atoms with E-state index in [0.29, 0.717) is 30.6 Å². The average Bonchev–Trinajstić information content (AvgIpc) is 3.60. The molecule has 4 rings (SSSR count). The second-order valence-corrected chi connectivity index (χ2v) is 8.83. The van der Waals surface area contributed by atoms with Gasteiger partial charge in [-0.1, -0.05) is 19.1 Å². The number of pyridine rings is 1. The second kappa shape index (κ2) is 10.6. The highest BCUT2D eigenvalue weighted by Crippen LogP contribution is 2.47. The van der Waals surface area contributed by atoms with E-state index in [1.54, 1.807) is 24.3 Å². The number of nitrogens with zero attached hydrogens (tertiary/aromatic N) is 1. The van der Waals surface area contributed by atoms with Gasteiger partial charge in [-0.05, 0) is 54.7 Å². The van der Waals surface area contributed by atoms with Gasteiger partial charge in [-0.2, -0.15) is 0 Å². The molecule has 1 amide bonds. The molecule has 1 aromatic heterocycles. The van der Waals surface area contributed by atoms with E-state index in [1.165, 1.54) is 12.3 Å². The van der Waals surface area contributed by atoms with Crippen LogP contribution in [-0.4, -0.2) is 27.8 Å². The lowest BCUT2D eigenvalue weighted by Crippen LogP contribution is -2.15. The summed E-state index contributed by atoms with van der Waals surface area (Å²) in [7, 11) is 0. The molecule has 1 fully saturated rings. The van der Waals surface area contributed by atoms with Crippen molar-refractivity contribution < 1.29 is 28.3 Å².